The SMILES string of the molecule is COc1ccc(C)cc1S(=O)(=O)NCCc1csc(N2CCCC2)n1. The molecule has 0 atom stereocenters. The van der Waals surface area contributed by atoms with E-state index in [2.05, 4.69) is 14.6 Å². The number of hydrogen-bond donors (Lipinski definition) is 1. The summed E-state index contributed by atoms with van der Waals surface area (Å²) in [6, 6.07) is 5.12. The van der Waals surface area contributed by atoms with E-state index in [1.54, 1.807) is 23.5 Å². The smallest absolute Gasteiger partial charge is 0.244 e. The summed E-state index contributed by atoms with van der Waals surface area (Å²) in [5.74, 6) is 0.350. The summed E-state index contributed by atoms with van der Waals surface area (Å²) in [6.45, 7) is 4.29. The first-order valence-electron chi connectivity index (χ1n) is 8.33. The third kappa shape index (κ3) is 4.31. The maximum Gasteiger partial charge on any atom is 0.244 e. The molecule has 1 aliphatic heterocycles. The van der Waals surface area contributed by atoms with Crippen LogP contribution in [-0.2, 0) is 16.4 Å². The molecule has 1 aromatic carbocycles. The van der Waals surface area contributed by atoms with Crippen molar-refractivity contribution >= 4 is 26.5 Å². The first kappa shape index (κ1) is 18.2. The Hall–Kier alpha value is -1.64. The fraction of sp³-hybridized carbons (Fsp3) is 0.471. The standard InChI is InChI=1S/C17H23N3O3S2/c1-13-5-6-15(23-2)16(11-13)25(21,22)18-8-7-14-12-24-17(19-14)20-9-3-4-10-20/h5-6,11-12,18H,3-4,7-10H2,1-2H3. The van der Waals surface area contributed by atoms with Crippen LogP contribution in [0.15, 0.2) is 28.5 Å². The van der Waals surface area contributed by atoms with Gasteiger partial charge < -0.3 is 9.64 Å². The van der Waals surface area contributed by atoms with Crippen LogP contribution in [0.1, 0.15) is 24.1 Å². The van der Waals surface area contributed by atoms with Crippen LogP contribution in [0.25, 0.3) is 0 Å². The fourth-order valence-corrected chi connectivity index (χ4v) is 5.05. The second-order valence-corrected chi connectivity index (χ2v) is 8.69. The monoisotopic (exact) mass is 381 g/mol. The van der Waals surface area contributed by atoms with Crippen LogP contribution in [0.2, 0.25) is 0 Å². The van der Waals surface area contributed by atoms with Gasteiger partial charge in [-0.05, 0) is 37.5 Å². The van der Waals surface area contributed by atoms with Crippen molar-refractivity contribution < 1.29 is 13.2 Å². The lowest BCUT2D eigenvalue weighted by Crippen LogP contribution is -2.26. The molecule has 0 spiro atoms. The van der Waals surface area contributed by atoms with Crippen molar-refractivity contribution in [2.24, 2.45) is 0 Å². The van der Waals surface area contributed by atoms with Crippen molar-refractivity contribution in [3.63, 3.8) is 0 Å². The lowest BCUT2D eigenvalue weighted by Gasteiger charge is -2.12. The van der Waals surface area contributed by atoms with Crippen LogP contribution < -0.4 is 14.4 Å². The zero-order valence-electron chi connectivity index (χ0n) is 14.5. The Kier molecular flexibility index (Phi) is 5.61. The molecule has 25 heavy (non-hydrogen) atoms. The first-order chi connectivity index (χ1) is 12.0. The summed E-state index contributed by atoms with van der Waals surface area (Å²) >= 11 is 1.63. The topological polar surface area (TPSA) is 71.5 Å². The summed E-state index contributed by atoms with van der Waals surface area (Å²) in [5.41, 5.74) is 1.79. The largest absolute Gasteiger partial charge is 0.495 e. The van der Waals surface area contributed by atoms with Crippen molar-refractivity contribution in [3.8, 4) is 5.75 Å². The van der Waals surface area contributed by atoms with Crippen LogP contribution in [0.3, 0.4) is 0 Å². The molecule has 0 radical (unpaired) electrons. The lowest BCUT2D eigenvalue weighted by atomic mass is 10.2. The van der Waals surface area contributed by atoms with Gasteiger partial charge in [0, 0.05) is 31.4 Å². The number of nitrogens with one attached hydrogen (secondary N) is 1. The van der Waals surface area contributed by atoms with Gasteiger partial charge in [-0.25, -0.2) is 18.1 Å². The Morgan fingerprint density at radius 2 is 2.08 bits per heavy atom. The van der Waals surface area contributed by atoms with Crippen molar-refractivity contribution in [2.75, 3.05) is 31.6 Å². The Labute approximate surface area is 152 Å². The predicted octanol–water partition coefficient (Wildman–Crippen LogP) is 2.58. The summed E-state index contributed by atoms with van der Waals surface area (Å²) in [4.78, 5) is 7.08. The highest BCUT2D eigenvalue weighted by Gasteiger charge is 2.20. The van der Waals surface area contributed by atoms with Crippen LogP contribution in [0.4, 0.5) is 5.13 Å². The van der Waals surface area contributed by atoms with Crippen molar-refractivity contribution in [2.45, 2.75) is 31.1 Å². The summed E-state index contributed by atoms with van der Waals surface area (Å²) in [6.07, 6.45) is 3.00. The number of ether oxygens (including phenoxy) is 1. The quantitative estimate of drug-likeness (QED) is 0.798. The van der Waals surface area contributed by atoms with Crippen LogP contribution in [-0.4, -0.2) is 40.1 Å². The fourth-order valence-electron chi connectivity index (χ4n) is 2.85. The van der Waals surface area contributed by atoms with E-state index >= 15 is 0 Å². The highest BCUT2D eigenvalue weighted by molar-refractivity contribution is 7.89. The molecule has 1 N–H and O–H groups in total. The summed E-state index contributed by atoms with van der Waals surface area (Å²) < 4.78 is 32.9. The molecule has 1 aliphatic rings. The number of anilines is 1. The maximum absolute atomic E-state index is 12.6. The molecule has 0 aliphatic carbocycles. The molecule has 1 aromatic heterocycles. The van der Waals surface area contributed by atoms with E-state index in [9.17, 15) is 8.42 Å². The van der Waals surface area contributed by atoms with Crippen molar-refractivity contribution in [1.29, 1.82) is 0 Å². The first-order valence-corrected chi connectivity index (χ1v) is 10.7. The van der Waals surface area contributed by atoms with Gasteiger partial charge in [0.15, 0.2) is 5.13 Å². The van der Waals surface area contributed by atoms with E-state index in [-0.39, 0.29) is 4.90 Å². The zero-order valence-corrected chi connectivity index (χ0v) is 16.1. The van der Waals surface area contributed by atoms with Crippen LogP contribution >= 0.6 is 11.3 Å². The Morgan fingerprint density at radius 3 is 2.80 bits per heavy atom. The predicted molar refractivity (Wildman–Crippen MR) is 100 cm³/mol. The van der Waals surface area contributed by atoms with Crippen molar-refractivity contribution in [1.82, 2.24) is 9.71 Å². The number of hydrogen-bond acceptors (Lipinski definition) is 6. The lowest BCUT2D eigenvalue weighted by molar-refractivity contribution is 0.402. The van der Waals surface area contributed by atoms with E-state index in [4.69, 9.17) is 4.74 Å². The number of sulfonamides is 1. The molecule has 0 saturated carbocycles. The maximum atomic E-state index is 12.6. The minimum Gasteiger partial charge on any atom is -0.495 e. The molecular weight excluding hydrogens is 358 g/mol. The van der Waals surface area contributed by atoms with Gasteiger partial charge in [-0.2, -0.15) is 0 Å². The van der Waals surface area contributed by atoms with Gasteiger partial charge in [-0.15, -0.1) is 11.3 Å². The van der Waals surface area contributed by atoms with E-state index in [1.165, 1.54) is 20.0 Å². The summed E-state index contributed by atoms with van der Waals surface area (Å²) in [5, 5.41) is 3.05. The molecule has 136 valence electrons. The molecule has 2 aromatic rings. The Morgan fingerprint density at radius 1 is 1.32 bits per heavy atom. The minimum absolute atomic E-state index is 0.172. The molecule has 2 heterocycles. The third-order valence-electron chi connectivity index (χ3n) is 4.20. The Bertz CT molecular complexity index is 827. The summed E-state index contributed by atoms with van der Waals surface area (Å²) in [7, 11) is -2.14. The van der Waals surface area contributed by atoms with Gasteiger partial charge in [0.05, 0.1) is 12.8 Å². The third-order valence-corrected chi connectivity index (χ3v) is 6.63. The number of methoxy groups -OCH3 is 1. The average molecular weight is 382 g/mol. The van der Waals surface area contributed by atoms with E-state index < -0.39 is 10.0 Å². The second kappa shape index (κ2) is 7.72. The molecule has 1 saturated heterocycles. The minimum atomic E-state index is -3.61. The molecular formula is C17H23N3O3S2. The van der Waals surface area contributed by atoms with Gasteiger partial charge in [0.1, 0.15) is 10.6 Å². The average Bonchev–Trinajstić information content (AvgIpc) is 3.26. The zero-order chi connectivity index (χ0) is 17.9. The van der Waals surface area contributed by atoms with Gasteiger partial charge in [-0.3, -0.25) is 0 Å². The number of nitrogens with zero attached hydrogens (tertiary/aromatic N) is 2. The molecule has 6 nitrogen and oxygen atoms in total. The number of benzene rings is 1. The molecule has 3 rings (SSSR count). The van der Waals surface area contributed by atoms with E-state index in [0.717, 1.165) is 29.5 Å². The second-order valence-electron chi connectivity index (χ2n) is 6.12. The number of thiazole rings is 1. The normalized spacial score (nSPS) is 14.9. The number of aromatic nitrogens is 1. The molecule has 8 heteroatoms. The van der Waals surface area contributed by atoms with Crippen molar-refractivity contribution in [3.05, 3.63) is 34.8 Å². The molecule has 0 unspecified atom stereocenters. The van der Waals surface area contributed by atoms with Gasteiger partial charge in [-0.1, -0.05) is 6.07 Å². The number of aryl methyl sites for hydroxylation is 1. The van der Waals surface area contributed by atoms with Crippen LogP contribution in [0, 0.1) is 6.92 Å². The molecule has 1 fully saturated rings. The van der Waals surface area contributed by atoms with Gasteiger partial charge in [0.25, 0.3) is 0 Å². The molecule has 0 bridgehead atoms. The highest BCUT2D eigenvalue weighted by atomic mass is 32.2. The highest BCUT2D eigenvalue weighted by Crippen LogP contribution is 2.26. The number of rotatable bonds is 7. The molecule has 0 amide bonds. The van der Waals surface area contributed by atoms with E-state index in [0.29, 0.717) is 18.7 Å². The van der Waals surface area contributed by atoms with Crippen LogP contribution in [0.5, 0.6) is 5.75 Å². The van der Waals surface area contributed by atoms with Gasteiger partial charge >= 0.3 is 0 Å². The van der Waals surface area contributed by atoms with E-state index in [1.807, 2.05) is 18.4 Å². The Balaban J connectivity index is 1.62. The van der Waals surface area contributed by atoms with Gasteiger partial charge in [0.2, 0.25) is 10.0 Å².